The summed E-state index contributed by atoms with van der Waals surface area (Å²) in [5.74, 6) is 0.901. The van der Waals surface area contributed by atoms with Crippen molar-refractivity contribution in [3.63, 3.8) is 0 Å². The normalized spacial score (nSPS) is 10.8. The van der Waals surface area contributed by atoms with E-state index in [2.05, 4.69) is 16.9 Å². The first-order valence-electron chi connectivity index (χ1n) is 7.48. The first-order chi connectivity index (χ1) is 10.5. The molecular weight excluding hydrogens is 303 g/mol. The van der Waals surface area contributed by atoms with Gasteiger partial charge in [0, 0.05) is 17.0 Å². The molecule has 2 aromatic rings. The minimum Gasteiger partial charge on any atom is -0.478 e. The highest BCUT2D eigenvalue weighted by molar-refractivity contribution is 6.30. The quantitative estimate of drug-likeness (QED) is 0.784. The second kappa shape index (κ2) is 7.54. The van der Waals surface area contributed by atoms with Crippen LogP contribution in [-0.2, 0) is 12.8 Å². The zero-order valence-electron chi connectivity index (χ0n) is 13.1. The predicted molar refractivity (Wildman–Crippen MR) is 86.1 cm³/mol. The number of aromatic nitrogens is 2. The Kier molecular flexibility index (Phi) is 5.72. The summed E-state index contributed by atoms with van der Waals surface area (Å²) in [6.07, 6.45) is 2.17. The molecule has 0 aliphatic carbocycles. The van der Waals surface area contributed by atoms with Crippen LogP contribution in [0.3, 0.4) is 0 Å². The molecule has 0 aliphatic rings. The molecule has 0 N–H and O–H groups in total. The van der Waals surface area contributed by atoms with Crippen molar-refractivity contribution in [3.8, 4) is 5.88 Å². The number of hydrogen-bond donors (Lipinski definition) is 0. The van der Waals surface area contributed by atoms with E-state index in [9.17, 15) is 4.39 Å². The highest BCUT2D eigenvalue weighted by Gasteiger charge is 2.16. The van der Waals surface area contributed by atoms with Gasteiger partial charge in [0.2, 0.25) is 5.88 Å². The van der Waals surface area contributed by atoms with Crippen LogP contribution >= 0.6 is 11.6 Å². The average molecular weight is 323 g/mol. The molecule has 1 aromatic carbocycles. The molecule has 118 valence electrons. The Morgan fingerprint density at radius 1 is 1.23 bits per heavy atom. The molecule has 2 rings (SSSR count). The molecular formula is C17H20ClFN2O. The van der Waals surface area contributed by atoms with Crippen molar-refractivity contribution in [2.24, 2.45) is 0 Å². The zero-order chi connectivity index (χ0) is 16.1. The fourth-order valence-corrected chi connectivity index (χ4v) is 2.52. The molecule has 22 heavy (non-hydrogen) atoms. The van der Waals surface area contributed by atoms with Crippen molar-refractivity contribution in [1.29, 1.82) is 0 Å². The predicted octanol–water partition coefficient (Wildman–Crippen LogP) is 4.52. The van der Waals surface area contributed by atoms with E-state index in [1.54, 1.807) is 12.1 Å². The van der Waals surface area contributed by atoms with Crippen molar-refractivity contribution in [2.75, 3.05) is 6.61 Å². The van der Waals surface area contributed by atoms with Crippen LogP contribution < -0.4 is 4.74 Å². The molecule has 5 heteroatoms. The van der Waals surface area contributed by atoms with Crippen LogP contribution in [0, 0.1) is 12.7 Å². The van der Waals surface area contributed by atoms with E-state index >= 15 is 0 Å². The van der Waals surface area contributed by atoms with E-state index < -0.39 is 0 Å². The zero-order valence-corrected chi connectivity index (χ0v) is 13.9. The first kappa shape index (κ1) is 16.7. The number of aryl methyl sites for hydroxylation is 2. The summed E-state index contributed by atoms with van der Waals surface area (Å²) in [6, 6.07) is 4.71. The number of ether oxygens (including phenoxy) is 1. The monoisotopic (exact) mass is 322 g/mol. The largest absolute Gasteiger partial charge is 0.478 e. The van der Waals surface area contributed by atoms with E-state index in [0.717, 1.165) is 24.1 Å². The minimum atomic E-state index is -0.321. The molecule has 1 aromatic heterocycles. The molecule has 0 unspecified atom stereocenters. The summed E-state index contributed by atoms with van der Waals surface area (Å²) < 4.78 is 19.7. The lowest BCUT2D eigenvalue weighted by Gasteiger charge is -2.14. The van der Waals surface area contributed by atoms with Crippen LogP contribution in [0.1, 0.15) is 42.9 Å². The van der Waals surface area contributed by atoms with Crippen LogP contribution in [0.5, 0.6) is 5.88 Å². The van der Waals surface area contributed by atoms with E-state index in [1.165, 1.54) is 6.07 Å². The van der Waals surface area contributed by atoms with Crippen LogP contribution in [0.4, 0.5) is 4.39 Å². The SMILES string of the molecule is CCCc1nc(C)nc(OCC)c1Cc1ccc(Cl)cc1F. The Hall–Kier alpha value is -1.68. The van der Waals surface area contributed by atoms with Gasteiger partial charge in [-0.2, -0.15) is 4.98 Å². The number of hydrogen-bond acceptors (Lipinski definition) is 3. The topological polar surface area (TPSA) is 35.0 Å². The van der Waals surface area contributed by atoms with Gasteiger partial charge < -0.3 is 4.74 Å². The van der Waals surface area contributed by atoms with E-state index in [4.69, 9.17) is 16.3 Å². The smallest absolute Gasteiger partial charge is 0.220 e. The van der Waals surface area contributed by atoms with Gasteiger partial charge >= 0.3 is 0 Å². The maximum Gasteiger partial charge on any atom is 0.220 e. The third-order valence-corrected chi connectivity index (χ3v) is 3.55. The van der Waals surface area contributed by atoms with Crippen molar-refractivity contribution < 1.29 is 9.13 Å². The van der Waals surface area contributed by atoms with Gasteiger partial charge in [-0.3, -0.25) is 0 Å². The van der Waals surface area contributed by atoms with E-state index in [1.807, 2.05) is 13.8 Å². The van der Waals surface area contributed by atoms with Crippen LogP contribution in [0.25, 0.3) is 0 Å². The lowest BCUT2D eigenvalue weighted by molar-refractivity contribution is 0.321. The summed E-state index contributed by atoms with van der Waals surface area (Å²) in [5.41, 5.74) is 2.35. The Bertz CT molecular complexity index is 634. The van der Waals surface area contributed by atoms with Gasteiger partial charge in [0.25, 0.3) is 0 Å². The van der Waals surface area contributed by atoms with Gasteiger partial charge in [-0.15, -0.1) is 0 Å². The molecule has 3 nitrogen and oxygen atoms in total. The number of halogens is 2. The second-order valence-electron chi connectivity index (χ2n) is 5.10. The van der Waals surface area contributed by atoms with Crippen molar-refractivity contribution in [2.45, 2.75) is 40.0 Å². The molecule has 0 atom stereocenters. The van der Waals surface area contributed by atoms with Crippen molar-refractivity contribution in [3.05, 3.63) is 51.7 Å². The molecule has 0 saturated heterocycles. The van der Waals surface area contributed by atoms with Crippen molar-refractivity contribution in [1.82, 2.24) is 9.97 Å². The van der Waals surface area contributed by atoms with Gasteiger partial charge in [-0.1, -0.05) is 31.0 Å². The van der Waals surface area contributed by atoms with Crippen LogP contribution in [0.2, 0.25) is 5.02 Å². The van der Waals surface area contributed by atoms with E-state index in [-0.39, 0.29) is 5.82 Å². The number of benzene rings is 1. The summed E-state index contributed by atoms with van der Waals surface area (Å²) in [5, 5.41) is 0.389. The molecule has 0 fully saturated rings. The lowest BCUT2D eigenvalue weighted by Crippen LogP contribution is -2.09. The molecule has 1 heterocycles. The third-order valence-electron chi connectivity index (χ3n) is 3.32. The lowest BCUT2D eigenvalue weighted by atomic mass is 10.0. The second-order valence-corrected chi connectivity index (χ2v) is 5.53. The standard InChI is InChI=1S/C17H20ClFN2O/c1-4-6-16-14(17(22-5-2)21-11(3)20-16)9-12-7-8-13(18)10-15(12)19/h7-8,10H,4-6,9H2,1-3H3. The van der Waals surface area contributed by atoms with Crippen molar-refractivity contribution >= 4 is 11.6 Å². The highest BCUT2D eigenvalue weighted by atomic mass is 35.5. The summed E-state index contributed by atoms with van der Waals surface area (Å²) in [6.45, 7) is 6.35. The molecule has 0 bridgehead atoms. The molecule has 0 spiro atoms. The molecule has 0 saturated carbocycles. The Labute approximate surface area is 135 Å². The van der Waals surface area contributed by atoms with Gasteiger partial charge in [0.15, 0.2) is 0 Å². The third kappa shape index (κ3) is 3.95. The average Bonchev–Trinajstić information content (AvgIpc) is 2.45. The van der Waals surface area contributed by atoms with Crippen LogP contribution in [-0.4, -0.2) is 16.6 Å². The number of nitrogens with zero attached hydrogens (tertiary/aromatic N) is 2. The molecule has 0 radical (unpaired) electrons. The van der Waals surface area contributed by atoms with Gasteiger partial charge in [0.05, 0.1) is 12.3 Å². The fourth-order valence-electron chi connectivity index (χ4n) is 2.36. The van der Waals surface area contributed by atoms with Crippen LogP contribution in [0.15, 0.2) is 18.2 Å². The number of rotatable bonds is 6. The van der Waals surface area contributed by atoms with Gasteiger partial charge in [-0.25, -0.2) is 9.37 Å². The molecule has 0 amide bonds. The Morgan fingerprint density at radius 3 is 2.64 bits per heavy atom. The maximum absolute atomic E-state index is 14.1. The fraction of sp³-hybridized carbons (Fsp3) is 0.412. The van der Waals surface area contributed by atoms with Gasteiger partial charge in [0.1, 0.15) is 11.6 Å². The first-order valence-corrected chi connectivity index (χ1v) is 7.86. The minimum absolute atomic E-state index is 0.321. The molecule has 0 aliphatic heterocycles. The highest BCUT2D eigenvalue weighted by Crippen LogP contribution is 2.26. The Morgan fingerprint density at radius 2 is 2.00 bits per heavy atom. The summed E-state index contributed by atoms with van der Waals surface area (Å²) in [7, 11) is 0. The van der Waals surface area contributed by atoms with Gasteiger partial charge in [-0.05, 0) is 38.0 Å². The maximum atomic E-state index is 14.1. The summed E-state index contributed by atoms with van der Waals surface area (Å²) in [4.78, 5) is 8.88. The van der Waals surface area contributed by atoms with E-state index in [0.29, 0.717) is 35.3 Å². The Balaban J connectivity index is 2.46. The summed E-state index contributed by atoms with van der Waals surface area (Å²) >= 11 is 5.81.